The molecule has 17 heavy (non-hydrogen) atoms. The van der Waals surface area contributed by atoms with Gasteiger partial charge in [-0.1, -0.05) is 11.6 Å². The Morgan fingerprint density at radius 2 is 2.24 bits per heavy atom. The maximum atomic E-state index is 11.9. The molecular formula is C12H16ClN3O. The number of aromatic nitrogens is 1. The van der Waals surface area contributed by atoms with Crippen LogP contribution in [-0.4, -0.2) is 42.5 Å². The average Bonchev–Trinajstić information content (AvgIpc) is 2.82. The van der Waals surface area contributed by atoms with Crippen molar-refractivity contribution in [3.63, 3.8) is 0 Å². The predicted molar refractivity (Wildman–Crippen MR) is 68.3 cm³/mol. The van der Waals surface area contributed by atoms with Gasteiger partial charge in [-0.3, -0.25) is 4.79 Å². The highest BCUT2D eigenvalue weighted by molar-refractivity contribution is 6.29. The smallest absolute Gasteiger partial charge is 0.242 e. The van der Waals surface area contributed by atoms with Crippen molar-refractivity contribution < 1.29 is 4.79 Å². The van der Waals surface area contributed by atoms with Gasteiger partial charge in [0, 0.05) is 32.0 Å². The molecule has 0 atom stereocenters. The minimum absolute atomic E-state index is 0.179. The normalized spacial score (nSPS) is 15.1. The van der Waals surface area contributed by atoms with E-state index in [2.05, 4.69) is 4.98 Å². The lowest BCUT2D eigenvalue weighted by atomic mass is 10.3. The molecule has 0 N–H and O–H groups in total. The number of pyridine rings is 1. The zero-order valence-corrected chi connectivity index (χ0v) is 10.7. The van der Waals surface area contributed by atoms with Gasteiger partial charge in [0.25, 0.3) is 0 Å². The largest absolute Gasteiger partial charge is 0.365 e. The second-order valence-electron chi connectivity index (χ2n) is 4.28. The first-order chi connectivity index (χ1) is 8.16. The topological polar surface area (TPSA) is 36.4 Å². The first-order valence-corrected chi connectivity index (χ1v) is 6.15. The highest BCUT2D eigenvalue weighted by Crippen LogP contribution is 2.16. The van der Waals surface area contributed by atoms with Crippen LogP contribution in [0.3, 0.4) is 0 Å². The third-order valence-corrected chi connectivity index (χ3v) is 3.19. The summed E-state index contributed by atoms with van der Waals surface area (Å²) >= 11 is 5.82. The van der Waals surface area contributed by atoms with E-state index in [0.29, 0.717) is 11.7 Å². The number of halogens is 1. The third-order valence-electron chi connectivity index (χ3n) is 2.98. The van der Waals surface area contributed by atoms with Crippen LogP contribution in [0.25, 0.3) is 0 Å². The molecule has 1 aliphatic rings. The van der Waals surface area contributed by atoms with Crippen LogP contribution >= 0.6 is 11.6 Å². The third kappa shape index (κ3) is 3.09. The van der Waals surface area contributed by atoms with Crippen molar-refractivity contribution in [2.45, 2.75) is 12.8 Å². The minimum atomic E-state index is 0.179. The Bertz CT molecular complexity index is 404. The lowest BCUT2D eigenvalue weighted by Gasteiger charge is -2.22. The second kappa shape index (κ2) is 5.36. The molecular weight excluding hydrogens is 238 g/mol. The molecule has 2 rings (SSSR count). The fourth-order valence-electron chi connectivity index (χ4n) is 1.99. The van der Waals surface area contributed by atoms with Gasteiger partial charge in [-0.05, 0) is 25.0 Å². The van der Waals surface area contributed by atoms with Crippen LogP contribution in [-0.2, 0) is 4.79 Å². The highest BCUT2D eigenvalue weighted by atomic mass is 35.5. The number of likely N-dealkylation sites (tertiary alicyclic amines) is 1. The summed E-state index contributed by atoms with van der Waals surface area (Å²) in [6, 6.07) is 3.61. The molecule has 0 radical (unpaired) electrons. The van der Waals surface area contributed by atoms with Crippen LogP contribution < -0.4 is 4.90 Å². The van der Waals surface area contributed by atoms with E-state index in [1.165, 1.54) is 0 Å². The van der Waals surface area contributed by atoms with Gasteiger partial charge in [0.1, 0.15) is 5.15 Å². The summed E-state index contributed by atoms with van der Waals surface area (Å²) in [5.41, 5.74) is 0.914. The molecule has 0 spiro atoms. The first-order valence-electron chi connectivity index (χ1n) is 5.77. The summed E-state index contributed by atoms with van der Waals surface area (Å²) in [5, 5.41) is 0.447. The van der Waals surface area contributed by atoms with Gasteiger partial charge >= 0.3 is 0 Å². The van der Waals surface area contributed by atoms with Crippen LogP contribution in [0.1, 0.15) is 12.8 Å². The zero-order valence-electron chi connectivity index (χ0n) is 9.90. The summed E-state index contributed by atoms with van der Waals surface area (Å²) in [5.74, 6) is 0.179. The van der Waals surface area contributed by atoms with Crippen LogP contribution in [0, 0.1) is 0 Å². The minimum Gasteiger partial charge on any atom is -0.365 e. The number of hydrogen-bond donors (Lipinski definition) is 0. The van der Waals surface area contributed by atoms with Crippen molar-refractivity contribution in [1.82, 2.24) is 9.88 Å². The predicted octanol–water partition coefficient (Wildman–Crippen LogP) is 1.79. The van der Waals surface area contributed by atoms with E-state index in [9.17, 15) is 4.79 Å². The SMILES string of the molecule is CN(CC(=O)N1CCCC1)c1ccnc(Cl)c1. The van der Waals surface area contributed by atoms with E-state index >= 15 is 0 Å². The maximum Gasteiger partial charge on any atom is 0.242 e. The molecule has 92 valence electrons. The van der Waals surface area contributed by atoms with Gasteiger partial charge in [-0.2, -0.15) is 0 Å². The Balaban J connectivity index is 1.96. The van der Waals surface area contributed by atoms with E-state index < -0.39 is 0 Å². The molecule has 0 saturated carbocycles. The second-order valence-corrected chi connectivity index (χ2v) is 4.67. The van der Waals surface area contributed by atoms with Crippen molar-refractivity contribution >= 4 is 23.2 Å². The van der Waals surface area contributed by atoms with Crippen molar-refractivity contribution in [3.8, 4) is 0 Å². The van der Waals surface area contributed by atoms with Crippen LogP contribution in [0.2, 0.25) is 5.15 Å². The molecule has 1 saturated heterocycles. The molecule has 1 aliphatic heterocycles. The number of carbonyl (C=O) groups excluding carboxylic acids is 1. The average molecular weight is 254 g/mol. The molecule has 0 unspecified atom stereocenters. The molecule has 1 aromatic heterocycles. The van der Waals surface area contributed by atoms with Crippen LogP contribution in [0.4, 0.5) is 5.69 Å². The van der Waals surface area contributed by atoms with E-state index in [1.807, 2.05) is 22.9 Å². The molecule has 5 heteroatoms. The Morgan fingerprint density at radius 1 is 1.53 bits per heavy atom. The number of amides is 1. The Morgan fingerprint density at radius 3 is 2.88 bits per heavy atom. The van der Waals surface area contributed by atoms with Crippen LogP contribution in [0.5, 0.6) is 0 Å². The summed E-state index contributed by atoms with van der Waals surface area (Å²) in [4.78, 5) is 19.7. The fraction of sp³-hybridized carbons (Fsp3) is 0.500. The Hall–Kier alpha value is -1.29. The van der Waals surface area contributed by atoms with Crippen molar-refractivity contribution in [2.24, 2.45) is 0 Å². The molecule has 2 heterocycles. The summed E-state index contributed by atoms with van der Waals surface area (Å²) in [6.45, 7) is 2.17. The van der Waals surface area contributed by atoms with Gasteiger partial charge in [-0.25, -0.2) is 4.98 Å². The van der Waals surface area contributed by atoms with Gasteiger partial charge in [-0.15, -0.1) is 0 Å². The standard InChI is InChI=1S/C12H16ClN3O/c1-15(10-4-5-14-11(13)8-10)9-12(17)16-6-2-3-7-16/h4-5,8H,2-3,6-7,9H2,1H3. The molecule has 1 fully saturated rings. The molecule has 0 bridgehead atoms. The monoisotopic (exact) mass is 253 g/mol. The number of nitrogens with zero attached hydrogens (tertiary/aromatic N) is 3. The van der Waals surface area contributed by atoms with Crippen molar-refractivity contribution in [3.05, 3.63) is 23.5 Å². The van der Waals surface area contributed by atoms with E-state index in [4.69, 9.17) is 11.6 Å². The lowest BCUT2D eigenvalue weighted by molar-refractivity contribution is -0.128. The van der Waals surface area contributed by atoms with Gasteiger partial charge in [0.15, 0.2) is 0 Å². The molecule has 0 aliphatic carbocycles. The Kier molecular flexibility index (Phi) is 3.84. The van der Waals surface area contributed by atoms with E-state index in [1.54, 1.807) is 12.3 Å². The Labute approximate surface area is 106 Å². The maximum absolute atomic E-state index is 11.9. The number of carbonyl (C=O) groups is 1. The number of hydrogen-bond acceptors (Lipinski definition) is 3. The summed E-state index contributed by atoms with van der Waals surface area (Å²) < 4.78 is 0. The van der Waals surface area contributed by atoms with E-state index in [0.717, 1.165) is 31.6 Å². The van der Waals surface area contributed by atoms with Crippen LogP contribution in [0.15, 0.2) is 18.3 Å². The fourth-order valence-corrected chi connectivity index (χ4v) is 2.16. The summed E-state index contributed by atoms with van der Waals surface area (Å²) in [6.07, 6.45) is 3.89. The van der Waals surface area contributed by atoms with E-state index in [-0.39, 0.29) is 5.91 Å². The van der Waals surface area contributed by atoms with Crippen molar-refractivity contribution in [1.29, 1.82) is 0 Å². The number of rotatable bonds is 3. The van der Waals surface area contributed by atoms with Gasteiger partial charge in [0.2, 0.25) is 5.91 Å². The first kappa shape index (κ1) is 12.2. The lowest BCUT2D eigenvalue weighted by Crippen LogP contribution is -2.37. The number of anilines is 1. The number of likely N-dealkylation sites (N-methyl/N-ethyl adjacent to an activating group) is 1. The molecule has 1 aromatic rings. The molecule has 4 nitrogen and oxygen atoms in total. The highest BCUT2D eigenvalue weighted by Gasteiger charge is 2.19. The van der Waals surface area contributed by atoms with Gasteiger partial charge < -0.3 is 9.80 Å². The summed E-state index contributed by atoms with van der Waals surface area (Å²) in [7, 11) is 1.89. The molecule has 1 amide bonds. The molecule has 0 aromatic carbocycles. The van der Waals surface area contributed by atoms with Crippen molar-refractivity contribution in [2.75, 3.05) is 31.6 Å². The zero-order chi connectivity index (χ0) is 12.3. The quantitative estimate of drug-likeness (QED) is 0.771. The van der Waals surface area contributed by atoms with Gasteiger partial charge in [0.05, 0.1) is 6.54 Å².